The third-order valence-electron chi connectivity index (χ3n) is 10.5. The molecule has 1 unspecified atom stereocenters. The number of hydrogen-bond donors (Lipinski definition) is 0. The van der Waals surface area contributed by atoms with E-state index in [2.05, 4.69) is 69.4 Å². The van der Waals surface area contributed by atoms with E-state index in [0.717, 1.165) is 96.3 Å². The lowest BCUT2D eigenvalue weighted by atomic mass is 10.1. The Balaban J connectivity index is 4.27. The molecule has 0 aromatic rings. The third kappa shape index (κ3) is 44.5. The normalized spacial score (nSPS) is 12.4. The van der Waals surface area contributed by atoms with Crippen molar-refractivity contribution < 1.29 is 28.6 Å². The molecule has 0 saturated heterocycles. The Hall–Kier alpha value is -2.63. The van der Waals surface area contributed by atoms with Gasteiger partial charge in [0, 0.05) is 19.3 Å². The average molecular weight is 813 g/mol. The zero-order valence-corrected chi connectivity index (χ0v) is 38.3. The first-order valence-electron chi connectivity index (χ1n) is 24.6. The van der Waals surface area contributed by atoms with Crippen LogP contribution in [0.2, 0.25) is 0 Å². The van der Waals surface area contributed by atoms with E-state index in [1.54, 1.807) is 0 Å². The molecule has 0 fully saturated rings. The zero-order chi connectivity index (χ0) is 42.3. The third-order valence-corrected chi connectivity index (χ3v) is 10.5. The number of hydrogen-bond acceptors (Lipinski definition) is 6. The lowest BCUT2D eigenvalue weighted by Gasteiger charge is -2.18. The molecule has 0 radical (unpaired) electrons. The summed E-state index contributed by atoms with van der Waals surface area (Å²) in [6, 6.07) is 0. The van der Waals surface area contributed by atoms with Gasteiger partial charge in [-0.05, 0) is 77.0 Å². The Kier molecular flexibility index (Phi) is 44.9. The minimum absolute atomic E-state index is 0.0797. The van der Waals surface area contributed by atoms with Crippen molar-refractivity contribution in [2.24, 2.45) is 0 Å². The molecule has 6 heteroatoms. The molecule has 0 bridgehead atoms. The van der Waals surface area contributed by atoms with Gasteiger partial charge in [-0.1, -0.05) is 198 Å². The average Bonchev–Trinajstić information content (AvgIpc) is 3.22. The summed E-state index contributed by atoms with van der Waals surface area (Å²) in [5.41, 5.74) is 0. The van der Waals surface area contributed by atoms with Crippen molar-refractivity contribution in [3.05, 3.63) is 48.6 Å². The molecule has 0 heterocycles. The summed E-state index contributed by atoms with van der Waals surface area (Å²) in [5, 5.41) is 0. The van der Waals surface area contributed by atoms with Gasteiger partial charge in [0.2, 0.25) is 0 Å². The Bertz CT molecular complexity index is 1030. The van der Waals surface area contributed by atoms with Crippen molar-refractivity contribution in [1.82, 2.24) is 0 Å². The molecule has 0 amide bonds. The standard InChI is InChI=1S/C52H92O6/c1-4-7-10-13-16-19-21-22-23-24-25-26-27-28-29-30-31-34-36-39-42-45-51(54)57-48-49(47-56-50(53)44-41-38-35-32-18-15-12-9-6-3)58-52(55)46-43-40-37-33-20-17-14-11-8-5-2/h11,14,21-22,24-25,27-28,49H,4-10,12-13,15-20,23,26,29-48H2,1-3H3/b14-11-,22-21-,25-24-,28-27-. The minimum atomic E-state index is -0.777. The summed E-state index contributed by atoms with van der Waals surface area (Å²) in [6.45, 7) is 6.52. The molecular weight excluding hydrogens is 721 g/mol. The molecular formula is C52H92O6. The van der Waals surface area contributed by atoms with Crippen LogP contribution in [0, 0.1) is 0 Å². The van der Waals surface area contributed by atoms with Gasteiger partial charge in [0.25, 0.3) is 0 Å². The fourth-order valence-corrected chi connectivity index (χ4v) is 6.80. The Morgan fingerprint density at radius 3 is 1.05 bits per heavy atom. The van der Waals surface area contributed by atoms with Crippen molar-refractivity contribution >= 4 is 17.9 Å². The summed E-state index contributed by atoms with van der Waals surface area (Å²) in [5.74, 6) is -0.905. The van der Waals surface area contributed by atoms with Gasteiger partial charge in [-0.15, -0.1) is 0 Å². The van der Waals surface area contributed by atoms with Gasteiger partial charge in [0.15, 0.2) is 6.10 Å². The smallest absolute Gasteiger partial charge is 0.306 e. The van der Waals surface area contributed by atoms with Crippen LogP contribution in [-0.4, -0.2) is 37.2 Å². The molecule has 6 nitrogen and oxygen atoms in total. The van der Waals surface area contributed by atoms with E-state index in [0.29, 0.717) is 19.3 Å². The van der Waals surface area contributed by atoms with Gasteiger partial charge in [0.05, 0.1) is 0 Å². The second kappa shape index (κ2) is 47.1. The SMILES string of the molecule is CCC/C=C\CCCCCCCC(=O)OC(COC(=O)CCCCCCCC/C=C\C/C=C\C/C=C\CCCCCCC)COC(=O)CCCCCCCCCCC. The molecule has 0 spiro atoms. The molecule has 0 aliphatic carbocycles. The first-order valence-corrected chi connectivity index (χ1v) is 24.6. The van der Waals surface area contributed by atoms with Crippen LogP contribution >= 0.6 is 0 Å². The van der Waals surface area contributed by atoms with Gasteiger partial charge < -0.3 is 14.2 Å². The first-order chi connectivity index (χ1) is 28.5. The van der Waals surface area contributed by atoms with E-state index < -0.39 is 6.10 Å². The molecule has 0 aliphatic rings. The summed E-state index contributed by atoms with van der Waals surface area (Å²) in [7, 11) is 0. The number of esters is 3. The zero-order valence-electron chi connectivity index (χ0n) is 38.3. The van der Waals surface area contributed by atoms with Gasteiger partial charge in [-0.25, -0.2) is 0 Å². The molecule has 336 valence electrons. The largest absolute Gasteiger partial charge is 0.462 e. The van der Waals surface area contributed by atoms with Gasteiger partial charge in [-0.3, -0.25) is 14.4 Å². The van der Waals surface area contributed by atoms with Crippen LogP contribution in [0.4, 0.5) is 0 Å². The minimum Gasteiger partial charge on any atom is -0.462 e. The maximum atomic E-state index is 12.7. The maximum Gasteiger partial charge on any atom is 0.306 e. The Morgan fingerprint density at radius 1 is 0.345 bits per heavy atom. The van der Waals surface area contributed by atoms with Crippen LogP contribution in [0.25, 0.3) is 0 Å². The number of rotatable bonds is 44. The van der Waals surface area contributed by atoms with Crippen molar-refractivity contribution in [3.8, 4) is 0 Å². The van der Waals surface area contributed by atoms with Gasteiger partial charge in [0.1, 0.15) is 13.2 Å². The van der Waals surface area contributed by atoms with E-state index in [9.17, 15) is 14.4 Å². The van der Waals surface area contributed by atoms with Crippen molar-refractivity contribution in [1.29, 1.82) is 0 Å². The molecule has 0 rings (SSSR count). The lowest BCUT2D eigenvalue weighted by molar-refractivity contribution is -0.167. The summed E-state index contributed by atoms with van der Waals surface area (Å²) in [6.07, 6.45) is 55.3. The first kappa shape index (κ1) is 55.4. The van der Waals surface area contributed by atoms with Crippen LogP contribution in [-0.2, 0) is 28.6 Å². The summed E-state index contributed by atoms with van der Waals surface area (Å²) < 4.78 is 16.7. The molecule has 0 aliphatic heterocycles. The topological polar surface area (TPSA) is 78.9 Å². The number of carbonyl (C=O) groups excluding carboxylic acids is 3. The van der Waals surface area contributed by atoms with E-state index >= 15 is 0 Å². The van der Waals surface area contributed by atoms with Crippen LogP contribution in [0.5, 0.6) is 0 Å². The summed E-state index contributed by atoms with van der Waals surface area (Å²) in [4.78, 5) is 37.7. The number of allylic oxidation sites excluding steroid dienone is 8. The van der Waals surface area contributed by atoms with Crippen molar-refractivity contribution in [2.75, 3.05) is 13.2 Å². The van der Waals surface area contributed by atoms with E-state index in [-0.39, 0.29) is 31.1 Å². The molecule has 58 heavy (non-hydrogen) atoms. The van der Waals surface area contributed by atoms with Gasteiger partial charge in [-0.2, -0.15) is 0 Å². The number of carbonyl (C=O) groups is 3. The maximum absolute atomic E-state index is 12.7. The monoisotopic (exact) mass is 813 g/mol. The Labute approximate surface area is 358 Å². The number of unbranched alkanes of at least 4 members (excludes halogenated alkanes) is 25. The fourth-order valence-electron chi connectivity index (χ4n) is 6.80. The van der Waals surface area contributed by atoms with Crippen LogP contribution in [0.1, 0.15) is 245 Å². The fraction of sp³-hybridized carbons (Fsp3) is 0.788. The van der Waals surface area contributed by atoms with Crippen LogP contribution in [0.15, 0.2) is 48.6 Å². The van der Waals surface area contributed by atoms with E-state index in [1.165, 1.54) is 109 Å². The molecule has 0 saturated carbocycles. The molecule has 0 aromatic carbocycles. The predicted molar refractivity (Wildman–Crippen MR) is 247 cm³/mol. The lowest BCUT2D eigenvalue weighted by Crippen LogP contribution is -2.30. The second-order valence-electron chi connectivity index (χ2n) is 16.4. The summed E-state index contributed by atoms with van der Waals surface area (Å²) >= 11 is 0. The van der Waals surface area contributed by atoms with Crippen LogP contribution in [0.3, 0.4) is 0 Å². The van der Waals surface area contributed by atoms with E-state index in [1.807, 2.05) is 0 Å². The molecule has 0 aromatic heterocycles. The molecule has 0 N–H and O–H groups in total. The van der Waals surface area contributed by atoms with E-state index in [4.69, 9.17) is 14.2 Å². The van der Waals surface area contributed by atoms with Crippen molar-refractivity contribution in [3.63, 3.8) is 0 Å². The Morgan fingerprint density at radius 2 is 0.655 bits per heavy atom. The highest BCUT2D eigenvalue weighted by Crippen LogP contribution is 2.14. The number of ether oxygens (including phenoxy) is 3. The molecule has 1 atom stereocenters. The van der Waals surface area contributed by atoms with Crippen molar-refractivity contribution in [2.45, 2.75) is 252 Å². The quantitative estimate of drug-likeness (QED) is 0.0264. The highest BCUT2D eigenvalue weighted by atomic mass is 16.6. The predicted octanol–water partition coefficient (Wildman–Crippen LogP) is 15.9. The van der Waals surface area contributed by atoms with Crippen LogP contribution < -0.4 is 0 Å². The highest BCUT2D eigenvalue weighted by Gasteiger charge is 2.19. The van der Waals surface area contributed by atoms with Gasteiger partial charge >= 0.3 is 17.9 Å². The second-order valence-corrected chi connectivity index (χ2v) is 16.4. The highest BCUT2D eigenvalue weighted by molar-refractivity contribution is 5.71.